The first-order chi connectivity index (χ1) is 10.1. The Hall–Kier alpha value is -2.07. The summed E-state index contributed by atoms with van der Waals surface area (Å²) >= 11 is 5.91. The van der Waals surface area contributed by atoms with Crippen LogP contribution < -0.4 is 5.73 Å². The Morgan fingerprint density at radius 3 is 2.81 bits per heavy atom. The van der Waals surface area contributed by atoms with Crippen molar-refractivity contribution in [1.29, 1.82) is 0 Å². The quantitative estimate of drug-likeness (QED) is 0.883. The van der Waals surface area contributed by atoms with Crippen LogP contribution in [0.25, 0.3) is 0 Å². The van der Waals surface area contributed by atoms with Gasteiger partial charge in [-0.05, 0) is 42.7 Å². The molecule has 0 unspecified atom stereocenters. The lowest BCUT2D eigenvalue weighted by Gasteiger charge is -2.22. The Kier molecular flexibility index (Phi) is 3.80. The number of hydrogen-bond acceptors (Lipinski definition) is 3. The monoisotopic (exact) mass is 301 g/mol. The molecule has 0 spiro atoms. The van der Waals surface area contributed by atoms with E-state index in [2.05, 4.69) is 4.98 Å². The predicted molar refractivity (Wildman–Crippen MR) is 83.0 cm³/mol. The molecular weight excluding hydrogens is 286 g/mol. The van der Waals surface area contributed by atoms with Crippen LogP contribution in [0, 0.1) is 0 Å². The van der Waals surface area contributed by atoms with E-state index in [-0.39, 0.29) is 5.91 Å². The summed E-state index contributed by atoms with van der Waals surface area (Å²) in [5.74, 6) is -0.00952. The maximum atomic E-state index is 12.7. The number of aromatic nitrogens is 1. The van der Waals surface area contributed by atoms with Gasteiger partial charge in [-0.1, -0.05) is 17.7 Å². The van der Waals surface area contributed by atoms with Crippen molar-refractivity contribution in [3.05, 3.63) is 58.9 Å². The van der Waals surface area contributed by atoms with Crippen LogP contribution in [-0.4, -0.2) is 21.8 Å². The number of anilines is 1. The first kappa shape index (κ1) is 13.9. The summed E-state index contributed by atoms with van der Waals surface area (Å²) in [4.78, 5) is 18.7. The van der Waals surface area contributed by atoms with Crippen LogP contribution in [0.3, 0.4) is 0 Å². The molecule has 1 saturated carbocycles. The highest BCUT2D eigenvalue weighted by atomic mass is 35.5. The predicted octanol–water partition coefficient (Wildman–Crippen LogP) is 3.12. The summed E-state index contributed by atoms with van der Waals surface area (Å²) in [6.45, 7) is 0.569. The SMILES string of the molecule is Nc1cc(C(=O)N(Cc2cccnc2)C2CC2)ccc1Cl. The maximum Gasteiger partial charge on any atom is 0.254 e. The molecule has 1 fully saturated rings. The number of carbonyl (C=O) groups is 1. The van der Waals surface area contributed by atoms with E-state index in [1.165, 1.54) is 0 Å². The van der Waals surface area contributed by atoms with Crippen molar-refractivity contribution in [2.75, 3.05) is 5.73 Å². The second-order valence-corrected chi connectivity index (χ2v) is 5.67. The van der Waals surface area contributed by atoms with Gasteiger partial charge in [0.15, 0.2) is 0 Å². The number of benzene rings is 1. The maximum absolute atomic E-state index is 12.7. The molecule has 2 N–H and O–H groups in total. The van der Waals surface area contributed by atoms with Crippen LogP contribution in [0.4, 0.5) is 5.69 Å². The zero-order valence-electron chi connectivity index (χ0n) is 11.5. The number of halogens is 1. The number of rotatable bonds is 4. The van der Waals surface area contributed by atoms with Gasteiger partial charge in [0.2, 0.25) is 0 Å². The average molecular weight is 302 g/mol. The normalized spacial score (nSPS) is 14.0. The molecule has 1 amide bonds. The number of nitrogens with zero attached hydrogens (tertiary/aromatic N) is 2. The number of carbonyl (C=O) groups excluding carboxylic acids is 1. The summed E-state index contributed by atoms with van der Waals surface area (Å²) in [6.07, 6.45) is 5.62. The van der Waals surface area contributed by atoms with E-state index in [9.17, 15) is 4.79 Å². The minimum absolute atomic E-state index is 0.00952. The third-order valence-corrected chi connectivity index (χ3v) is 3.91. The third kappa shape index (κ3) is 3.16. The molecule has 0 saturated heterocycles. The van der Waals surface area contributed by atoms with Gasteiger partial charge in [-0.3, -0.25) is 9.78 Å². The van der Waals surface area contributed by atoms with Crippen LogP contribution in [-0.2, 0) is 6.54 Å². The minimum Gasteiger partial charge on any atom is -0.398 e. The van der Waals surface area contributed by atoms with Crippen LogP contribution in [0.5, 0.6) is 0 Å². The molecule has 3 rings (SSSR count). The minimum atomic E-state index is -0.00952. The third-order valence-electron chi connectivity index (χ3n) is 3.57. The summed E-state index contributed by atoms with van der Waals surface area (Å²) in [6, 6.07) is 9.20. The van der Waals surface area contributed by atoms with E-state index >= 15 is 0 Å². The molecule has 4 nitrogen and oxygen atoms in total. The smallest absolute Gasteiger partial charge is 0.254 e. The van der Waals surface area contributed by atoms with Gasteiger partial charge in [0.05, 0.1) is 10.7 Å². The molecule has 1 aromatic heterocycles. The fraction of sp³-hybridized carbons (Fsp3) is 0.250. The molecule has 0 radical (unpaired) electrons. The van der Waals surface area contributed by atoms with Gasteiger partial charge in [0.1, 0.15) is 0 Å². The zero-order chi connectivity index (χ0) is 14.8. The van der Waals surface area contributed by atoms with Gasteiger partial charge in [-0.25, -0.2) is 0 Å². The molecule has 0 bridgehead atoms. The number of nitrogens with two attached hydrogens (primary N) is 1. The number of amides is 1. The lowest BCUT2D eigenvalue weighted by Crippen LogP contribution is -2.32. The Bertz CT molecular complexity index is 656. The van der Waals surface area contributed by atoms with E-state index in [0.717, 1.165) is 18.4 Å². The van der Waals surface area contributed by atoms with Gasteiger partial charge in [0, 0.05) is 30.5 Å². The van der Waals surface area contributed by atoms with E-state index in [0.29, 0.717) is 28.9 Å². The van der Waals surface area contributed by atoms with Crippen molar-refractivity contribution in [3.8, 4) is 0 Å². The lowest BCUT2D eigenvalue weighted by molar-refractivity contribution is 0.0730. The topological polar surface area (TPSA) is 59.2 Å². The Morgan fingerprint density at radius 2 is 2.19 bits per heavy atom. The van der Waals surface area contributed by atoms with Crippen molar-refractivity contribution in [3.63, 3.8) is 0 Å². The Labute approximate surface area is 128 Å². The first-order valence-electron chi connectivity index (χ1n) is 6.90. The van der Waals surface area contributed by atoms with Crippen molar-refractivity contribution in [1.82, 2.24) is 9.88 Å². The Balaban J connectivity index is 1.83. The van der Waals surface area contributed by atoms with Gasteiger partial charge < -0.3 is 10.6 Å². The standard InChI is InChI=1S/C16H16ClN3O/c17-14-6-3-12(8-15(14)18)16(21)20(13-4-5-13)10-11-2-1-7-19-9-11/h1-3,6-9,13H,4-5,10,18H2. The molecule has 1 aliphatic rings. The summed E-state index contributed by atoms with van der Waals surface area (Å²) in [5, 5.41) is 0.469. The van der Waals surface area contributed by atoms with Crippen molar-refractivity contribution in [2.24, 2.45) is 0 Å². The molecule has 108 valence electrons. The van der Waals surface area contributed by atoms with E-state index in [1.54, 1.807) is 30.6 Å². The molecule has 2 aromatic rings. The lowest BCUT2D eigenvalue weighted by atomic mass is 10.1. The number of hydrogen-bond donors (Lipinski definition) is 1. The summed E-state index contributed by atoms with van der Waals surface area (Å²) < 4.78 is 0. The second kappa shape index (κ2) is 5.74. The largest absolute Gasteiger partial charge is 0.398 e. The van der Waals surface area contributed by atoms with Crippen LogP contribution in [0.15, 0.2) is 42.7 Å². The van der Waals surface area contributed by atoms with Crippen LogP contribution >= 0.6 is 11.6 Å². The molecule has 1 aromatic carbocycles. The first-order valence-corrected chi connectivity index (χ1v) is 7.28. The van der Waals surface area contributed by atoms with Gasteiger partial charge in [0.25, 0.3) is 5.91 Å². The molecule has 1 heterocycles. The van der Waals surface area contributed by atoms with Crippen LogP contribution in [0.2, 0.25) is 5.02 Å². The molecule has 21 heavy (non-hydrogen) atoms. The number of pyridine rings is 1. The highest BCUT2D eigenvalue weighted by Crippen LogP contribution is 2.30. The molecule has 0 atom stereocenters. The van der Waals surface area contributed by atoms with Crippen molar-refractivity contribution in [2.45, 2.75) is 25.4 Å². The Morgan fingerprint density at radius 1 is 1.38 bits per heavy atom. The molecular formula is C16H16ClN3O. The van der Waals surface area contributed by atoms with E-state index in [1.807, 2.05) is 17.0 Å². The van der Waals surface area contributed by atoms with Gasteiger partial charge in [-0.15, -0.1) is 0 Å². The number of nitrogen functional groups attached to an aromatic ring is 1. The van der Waals surface area contributed by atoms with Crippen molar-refractivity contribution >= 4 is 23.2 Å². The molecule has 0 aliphatic heterocycles. The van der Waals surface area contributed by atoms with Crippen molar-refractivity contribution < 1.29 is 4.79 Å². The van der Waals surface area contributed by atoms with E-state index in [4.69, 9.17) is 17.3 Å². The molecule has 5 heteroatoms. The summed E-state index contributed by atoms with van der Waals surface area (Å²) in [5.41, 5.74) is 7.82. The van der Waals surface area contributed by atoms with E-state index < -0.39 is 0 Å². The fourth-order valence-corrected chi connectivity index (χ4v) is 2.40. The second-order valence-electron chi connectivity index (χ2n) is 5.26. The fourth-order valence-electron chi connectivity index (χ4n) is 2.28. The van der Waals surface area contributed by atoms with Crippen LogP contribution in [0.1, 0.15) is 28.8 Å². The zero-order valence-corrected chi connectivity index (χ0v) is 12.3. The highest BCUT2D eigenvalue weighted by molar-refractivity contribution is 6.33. The average Bonchev–Trinajstić information content (AvgIpc) is 3.33. The highest BCUT2D eigenvalue weighted by Gasteiger charge is 2.33. The van der Waals surface area contributed by atoms with Gasteiger partial charge in [-0.2, -0.15) is 0 Å². The van der Waals surface area contributed by atoms with Gasteiger partial charge >= 0.3 is 0 Å². The molecule has 1 aliphatic carbocycles. The summed E-state index contributed by atoms with van der Waals surface area (Å²) in [7, 11) is 0.